The molecule has 0 rings (SSSR count). The second-order valence-electron chi connectivity index (χ2n) is 20.6. The first-order chi connectivity index (χ1) is 35.5. The molecule has 0 saturated heterocycles. The predicted molar refractivity (Wildman–Crippen MR) is 311 cm³/mol. The highest BCUT2D eigenvalue weighted by Gasteiger charge is 2.19. The van der Waals surface area contributed by atoms with Gasteiger partial charge in [-0.15, -0.1) is 0 Å². The number of rotatable bonds is 56. The summed E-state index contributed by atoms with van der Waals surface area (Å²) in [4.78, 5) is 38.2. The van der Waals surface area contributed by atoms with E-state index in [9.17, 15) is 14.4 Å². The van der Waals surface area contributed by atoms with Crippen molar-refractivity contribution in [2.45, 2.75) is 316 Å². The minimum Gasteiger partial charge on any atom is -0.462 e. The molecule has 0 spiro atoms. The molecule has 0 bridgehead atoms. The van der Waals surface area contributed by atoms with Gasteiger partial charge in [-0.25, -0.2) is 0 Å². The van der Waals surface area contributed by atoms with Crippen molar-refractivity contribution in [3.63, 3.8) is 0 Å². The minimum absolute atomic E-state index is 0.104. The van der Waals surface area contributed by atoms with Crippen molar-refractivity contribution < 1.29 is 28.6 Å². The van der Waals surface area contributed by atoms with Crippen LogP contribution in [0, 0.1) is 0 Å². The Morgan fingerprint density at radius 3 is 0.958 bits per heavy atom. The summed E-state index contributed by atoms with van der Waals surface area (Å²) < 4.78 is 16.8. The number of esters is 3. The quantitative estimate of drug-likeness (QED) is 0.0261. The maximum Gasteiger partial charge on any atom is 0.309 e. The van der Waals surface area contributed by atoms with Gasteiger partial charge in [-0.05, 0) is 70.6 Å². The average molecular weight is 1010 g/mol. The highest BCUT2D eigenvalue weighted by molar-refractivity contribution is 5.72. The topological polar surface area (TPSA) is 78.9 Å². The van der Waals surface area contributed by atoms with E-state index in [0.717, 1.165) is 70.6 Å². The van der Waals surface area contributed by atoms with Crippen molar-refractivity contribution in [1.82, 2.24) is 0 Å². The molecule has 0 aliphatic carbocycles. The molecule has 416 valence electrons. The molecule has 1 unspecified atom stereocenters. The summed E-state index contributed by atoms with van der Waals surface area (Å²) in [6.07, 6.45) is 77.9. The second kappa shape index (κ2) is 60.4. The van der Waals surface area contributed by atoms with Crippen LogP contribution in [0.3, 0.4) is 0 Å². The molecule has 1 atom stereocenters. The Kier molecular flexibility index (Phi) is 57.8. The number of carbonyl (C=O) groups is 3. The van der Waals surface area contributed by atoms with Gasteiger partial charge in [0.1, 0.15) is 13.2 Å². The van der Waals surface area contributed by atoms with Crippen molar-refractivity contribution in [2.24, 2.45) is 0 Å². The Morgan fingerprint density at radius 1 is 0.306 bits per heavy atom. The fourth-order valence-electron chi connectivity index (χ4n) is 8.87. The minimum atomic E-state index is -0.817. The Bertz CT molecular complexity index is 1340. The van der Waals surface area contributed by atoms with E-state index < -0.39 is 12.1 Å². The van der Waals surface area contributed by atoms with E-state index in [0.29, 0.717) is 12.8 Å². The van der Waals surface area contributed by atoms with Crippen LogP contribution in [0.5, 0.6) is 0 Å². The summed E-state index contributed by atoms with van der Waals surface area (Å²) in [5.41, 5.74) is 0. The molecule has 0 radical (unpaired) electrons. The average Bonchev–Trinajstić information content (AvgIpc) is 3.38. The van der Waals surface area contributed by atoms with E-state index >= 15 is 0 Å². The monoisotopic (exact) mass is 1000 g/mol. The van der Waals surface area contributed by atoms with Crippen molar-refractivity contribution >= 4 is 17.9 Å². The number of allylic oxidation sites excluding steroid dienone is 11. The number of carbonyl (C=O) groups excluding carboxylic acids is 3. The smallest absolute Gasteiger partial charge is 0.309 e. The molecule has 72 heavy (non-hydrogen) atoms. The fourth-order valence-corrected chi connectivity index (χ4v) is 8.87. The summed E-state index contributed by atoms with van der Waals surface area (Å²) in [5.74, 6) is -1.03. The van der Waals surface area contributed by atoms with E-state index in [1.807, 2.05) is 6.08 Å². The number of hydrogen-bond acceptors (Lipinski definition) is 6. The molecule has 6 heteroatoms. The number of ether oxygens (including phenoxy) is 3. The van der Waals surface area contributed by atoms with E-state index in [1.165, 1.54) is 199 Å². The first-order valence-electron chi connectivity index (χ1n) is 30.9. The molecule has 0 saturated carbocycles. The molecule has 0 aromatic rings. The van der Waals surface area contributed by atoms with Crippen LogP contribution in [-0.2, 0) is 28.6 Å². The van der Waals surface area contributed by atoms with E-state index in [1.54, 1.807) is 6.08 Å². The Balaban J connectivity index is 4.39. The molecule has 0 heterocycles. The second-order valence-corrected chi connectivity index (χ2v) is 20.6. The molecule has 6 nitrogen and oxygen atoms in total. The van der Waals surface area contributed by atoms with Crippen molar-refractivity contribution in [1.29, 1.82) is 0 Å². The normalized spacial score (nSPS) is 12.5. The zero-order valence-electron chi connectivity index (χ0n) is 47.7. The maximum absolute atomic E-state index is 12.9. The van der Waals surface area contributed by atoms with Crippen molar-refractivity contribution in [3.8, 4) is 0 Å². The number of hydrogen-bond donors (Lipinski definition) is 0. The van der Waals surface area contributed by atoms with Crippen LogP contribution in [-0.4, -0.2) is 37.2 Å². The fraction of sp³-hybridized carbons (Fsp3) is 0.773. The maximum atomic E-state index is 12.9. The third-order valence-corrected chi connectivity index (χ3v) is 13.5. The summed E-state index contributed by atoms with van der Waals surface area (Å²) >= 11 is 0. The van der Waals surface area contributed by atoms with E-state index in [2.05, 4.69) is 81.5 Å². The first kappa shape index (κ1) is 68.8. The van der Waals surface area contributed by atoms with Gasteiger partial charge in [0.25, 0.3) is 0 Å². The van der Waals surface area contributed by atoms with Crippen molar-refractivity contribution in [3.05, 3.63) is 72.9 Å². The third kappa shape index (κ3) is 57.7. The van der Waals surface area contributed by atoms with Gasteiger partial charge in [-0.3, -0.25) is 14.4 Å². The molecule has 0 aromatic carbocycles. The molecule has 0 N–H and O–H groups in total. The van der Waals surface area contributed by atoms with Gasteiger partial charge in [0.2, 0.25) is 0 Å². The highest BCUT2D eigenvalue weighted by Crippen LogP contribution is 2.17. The van der Waals surface area contributed by atoms with Crippen LogP contribution in [0.2, 0.25) is 0 Å². The molecule has 0 aromatic heterocycles. The predicted octanol–water partition coefficient (Wildman–Crippen LogP) is 20.9. The Labute approximate surface area is 446 Å². The summed E-state index contributed by atoms with van der Waals surface area (Å²) in [6.45, 7) is 6.47. The lowest BCUT2D eigenvalue weighted by atomic mass is 10.0. The third-order valence-electron chi connectivity index (χ3n) is 13.5. The largest absolute Gasteiger partial charge is 0.462 e. The van der Waals surface area contributed by atoms with Gasteiger partial charge in [-0.1, -0.05) is 293 Å². The van der Waals surface area contributed by atoms with Crippen LogP contribution in [0.25, 0.3) is 0 Å². The van der Waals surface area contributed by atoms with Gasteiger partial charge in [0, 0.05) is 12.8 Å². The molecule has 0 aliphatic rings. The van der Waals surface area contributed by atoms with Crippen LogP contribution in [0.15, 0.2) is 72.9 Å². The van der Waals surface area contributed by atoms with Gasteiger partial charge in [-0.2, -0.15) is 0 Å². The van der Waals surface area contributed by atoms with E-state index in [-0.39, 0.29) is 31.6 Å². The molecular formula is C66H116O6. The van der Waals surface area contributed by atoms with Crippen molar-refractivity contribution in [2.75, 3.05) is 13.2 Å². The standard InChI is InChI=1S/C66H116O6/c1-4-7-10-13-16-19-22-25-28-30-31-32-33-34-36-38-41-44-47-50-53-56-59-65(68)71-62-63(61-70-64(67)58-55-52-49-46-43-40-37-27-24-21-18-15-12-9-6-3)72-66(69)60-57-54-51-48-45-42-39-35-29-26-23-20-17-14-11-8-5-2/h9,12,18,21,26-27,29,37,43,46,52,55,63H,4-8,10-11,13-17,19-20,22-25,28,30-36,38-42,44-45,47-51,53-54,56-62H2,1-3H3/b12-9-,21-18-,29-26-,37-27-,46-43-,55-52-. The molecule has 0 amide bonds. The lowest BCUT2D eigenvalue weighted by Crippen LogP contribution is -2.30. The number of unbranched alkanes of at least 4 members (excludes halogenated alkanes) is 34. The lowest BCUT2D eigenvalue weighted by Gasteiger charge is -2.18. The van der Waals surface area contributed by atoms with Gasteiger partial charge < -0.3 is 14.2 Å². The first-order valence-corrected chi connectivity index (χ1v) is 30.9. The van der Waals surface area contributed by atoms with Crippen LogP contribution in [0.4, 0.5) is 0 Å². The SMILES string of the molecule is CC/C=C\C/C=C\C/C=C\C/C=C\C/C=C\CC(=O)OCC(COC(=O)CCCCCCCCCCCCCCCCCCCCCCCC)OC(=O)CCCCCCCCC/C=C\CCCCCCCC. The Hall–Kier alpha value is -3.15. The van der Waals surface area contributed by atoms with Crippen LogP contribution >= 0.6 is 0 Å². The zero-order chi connectivity index (χ0) is 52.2. The van der Waals surface area contributed by atoms with Gasteiger partial charge in [0.05, 0.1) is 6.42 Å². The van der Waals surface area contributed by atoms with Gasteiger partial charge in [0.15, 0.2) is 6.10 Å². The highest BCUT2D eigenvalue weighted by atomic mass is 16.6. The summed E-state index contributed by atoms with van der Waals surface area (Å²) in [5, 5.41) is 0. The summed E-state index contributed by atoms with van der Waals surface area (Å²) in [7, 11) is 0. The van der Waals surface area contributed by atoms with Crippen LogP contribution < -0.4 is 0 Å². The van der Waals surface area contributed by atoms with Crippen LogP contribution in [0.1, 0.15) is 310 Å². The molecule has 0 fully saturated rings. The molecule has 0 aliphatic heterocycles. The summed E-state index contributed by atoms with van der Waals surface area (Å²) in [6, 6.07) is 0. The van der Waals surface area contributed by atoms with Gasteiger partial charge >= 0.3 is 17.9 Å². The Morgan fingerprint density at radius 2 is 0.597 bits per heavy atom. The zero-order valence-corrected chi connectivity index (χ0v) is 47.7. The van der Waals surface area contributed by atoms with E-state index in [4.69, 9.17) is 14.2 Å². The lowest BCUT2D eigenvalue weighted by molar-refractivity contribution is -0.166. The molecular weight excluding hydrogens is 889 g/mol.